The molecule has 1 aliphatic carbocycles. The molecule has 16 atom stereocenters. The van der Waals surface area contributed by atoms with Gasteiger partial charge in [-0.3, -0.25) is 71.9 Å². The molecule has 126 heavy (non-hydrogen) atoms. The zero-order valence-electron chi connectivity index (χ0n) is 70.7. The fourth-order valence-electron chi connectivity index (χ4n) is 13.8. The Balaban J connectivity index is 1.50. The Bertz CT molecular complexity index is 3980. The van der Waals surface area contributed by atoms with Crippen LogP contribution in [0.1, 0.15) is 179 Å². The van der Waals surface area contributed by atoms with E-state index in [1.54, 1.807) is 51.1 Å². The lowest BCUT2D eigenvalue weighted by Gasteiger charge is -2.37. The number of ether oxygens (including phenoxy) is 1. The van der Waals surface area contributed by atoms with Gasteiger partial charge in [0.25, 0.3) is 18.3 Å². The standard InChI is InChI=1S/C82H124N12O31S/c1-82(2,3)65(105)39-94-58-21-12-11-20-57(58)93(49-17-8-7-9-18-49)38-54(79(94)121)92-81(124)87-48-16-14-15-45(33-48)74(116)84-32-13-6-4-5-10-19-50(98)34-46(22-30-68(108)109)75(117)89-53(26-29-67(107)86-37-62(102)71(113)73(115)64(104)41-96)60(100)35-47(23-31-69(110)111)76(118)88-52(25-28-66(106)85-36-61(101)70(112)72(114)63(103)40-95)59(99)27-24-51(83)77(119)90-55(42-125-44-97)78(120)91-56(43-126)80(122)123/h11-12,14-16,20-21,33,44,46-47,49,51-56,61-64,70-73,95-96,101-104,112-115,126H,4-10,13,17-19,22-32,34-43,83H2,1-3H3,(H,84,116)(H,85,106)(H,86,107)(H,88,118)(H,89,117)(H,90,119)(H,91,120)(H,108,109)(H,110,111)(H,122,123)(H2,87,92,124)/t46?,47?,51?,52-,53-,54+,55?,56-,61-,62-,63-,64-,70+,71+,72+,73+/m1/s1. The molecule has 0 radical (unpaired) electrons. The van der Waals surface area contributed by atoms with E-state index in [-0.39, 0.29) is 62.0 Å². The minimum atomic E-state index is -2.15. The number of aliphatic hydroxyl groups is 10. The van der Waals surface area contributed by atoms with Crippen LogP contribution in [-0.2, 0) is 76.7 Å². The number of unbranched alkanes of at least 4 members (excludes halogenated alkanes) is 4. The summed E-state index contributed by atoms with van der Waals surface area (Å²) < 4.78 is 4.61. The number of anilines is 3. The van der Waals surface area contributed by atoms with Gasteiger partial charge in [0.1, 0.15) is 67.1 Å². The van der Waals surface area contributed by atoms with Crippen LogP contribution >= 0.6 is 12.6 Å². The number of urea groups is 1. The van der Waals surface area contributed by atoms with Gasteiger partial charge in [-0.05, 0) is 88.1 Å². The van der Waals surface area contributed by atoms with Gasteiger partial charge in [-0.2, -0.15) is 12.6 Å². The average Bonchev–Trinajstić information content (AvgIpc) is 1.62. The number of para-hydroxylation sites is 2. The summed E-state index contributed by atoms with van der Waals surface area (Å²) in [5.74, 6) is -18.7. The minimum absolute atomic E-state index is 0.0871. The van der Waals surface area contributed by atoms with Crippen LogP contribution in [0.2, 0.25) is 0 Å². The monoisotopic (exact) mass is 1800 g/mol. The number of hydrogen-bond acceptors (Lipinski definition) is 31. The zero-order valence-corrected chi connectivity index (χ0v) is 71.6. The summed E-state index contributed by atoms with van der Waals surface area (Å²) in [6.07, 6.45) is -18.1. The number of carbonyl (C=O) groups excluding carboxylic acids is 14. The number of amides is 10. The van der Waals surface area contributed by atoms with Gasteiger partial charge in [0.05, 0.1) is 61.5 Å². The molecule has 2 aromatic rings. The molecular weight excluding hydrogens is 1680 g/mol. The van der Waals surface area contributed by atoms with E-state index in [0.29, 0.717) is 31.4 Å². The van der Waals surface area contributed by atoms with Crippen molar-refractivity contribution in [3.8, 4) is 0 Å². The Kier molecular flexibility index (Phi) is 47.5. The average molecular weight is 1810 g/mol. The first kappa shape index (κ1) is 108. The van der Waals surface area contributed by atoms with Crippen LogP contribution in [-0.4, -0.2) is 317 Å². The number of thiol groups is 1. The van der Waals surface area contributed by atoms with E-state index in [9.17, 15) is 148 Å². The zero-order chi connectivity index (χ0) is 94.1. The van der Waals surface area contributed by atoms with Crippen LogP contribution in [0.25, 0.3) is 0 Å². The number of benzene rings is 2. The molecule has 0 aromatic heterocycles. The molecule has 1 saturated carbocycles. The van der Waals surface area contributed by atoms with Gasteiger partial charge in [0, 0.05) is 118 Å². The highest BCUT2D eigenvalue weighted by atomic mass is 32.1. The summed E-state index contributed by atoms with van der Waals surface area (Å²) in [6.45, 7) is 0.762. The molecular formula is C82H124N12O31S. The molecule has 24 N–H and O–H groups in total. The van der Waals surface area contributed by atoms with Crippen molar-refractivity contribution in [3.63, 3.8) is 0 Å². The van der Waals surface area contributed by atoms with Gasteiger partial charge in [-0.25, -0.2) is 9.59 Å². The van der Waals surface area contributed by atoms with E-state index >= 15 is 0 Å². The number of carbonyl (C=O) groups is 17. The number of aliphatic carboxylic acids is 3. The highest BCUT2D eigenvalue weighted by molar-refractivity contribution is 7.80. The molecule has 0 bridgehead atoms. The number of hydrogen-bond donors (Lipinski definition) is 24. The molecule has 10 amide bonds. The Morgan fingerprint density at radius 1 is 0.563 bits per heavy atom. The third-order valence-electron chi connectivity index (χ3n) is 21.5. The number of ketones is 4. The van der Waals surface area contributed by atoms with Crippen molar-refractivity contribution in [3.05, 3.63) is 54.1 Å². The van der Waals surface area contributed by atoms with E-state index in [2.05, 4.69) is 70.1 Å². The van der Waals surface area contributed by atoms with Crippen LogP contribution in [0, 0.1) is 17.3 Å². The number of nitrogens with zero attached hydrogens (tertiary/aromatic N) is 2. The van der Waals surface area contributed by atoms with Crippen molar-refractivity contribution >= 4 is 130 Å². The fraction of sp³-hybridized carbons (Fsp3) is 0.646. The van der Waals surface area contributed by atoms with E-state index in [4.69, 9.17) is 5.73 Å². The number of carboxylic acids is 3. The fourth-order valence-corrected chi connectivity index (χ4v) is 14.0. The Morgan fingerprint density at radius 3 is 1.61 bits per heavy atom. The van der Waals surface area contributed by atoms with Crippen molar-refractivity contribution in [1.82, 2.24) is 42.5 Å². The van der Waals surface area contributed by atoms with Crippen molar-refractivity contribution in [2.45, 2.75) is 260 Å². The lowest BCUT2D eigenvalue weighted by Crippen LogP contribution is -2.56. The lowest BCUT2D eigenvalue weighted by molar-refractivity contribution is -0.142. The Hall–Kier alpha value is -10.3. The molecule has 4 unspecified atom stereocenters. The summed E-state index contributed by atoms with van der Waals surface area (Å²) in [6, 6.07) is 3.05. The van der Waals surface area contributed by atoms with Crippen LogP contribution in [0.4, 0.5) is 21.9 Å². The van der Waals surface area contributed by atoms with Gasteiger partial charge in [0.15, 0.2) is 17.3 Å². The first-order chi connectivity index (χ1) is 59.5. The molecule has 1 aliphatic heterocycles. The van der Waals surface area contributed by atoms with Crippen molar-refractivity contribution in [2.24, 2.45) is 23.0 Å². The van der Waals surface area contributed by atoms with Crippen molar-refractivity contribution in [1.29, 1.82) is 0 Å². The lowest BCUT2D eigenvalue weighted by atomic mass is 9.89. The number of fused-ring (bicyclic) bond motifs is 1. The van der Waals surface area contributed by atoms with E-state index in [1.165, 1.54) is 11.0 Å². The predicted octanol–water partition coefficient (Wildman–Crippen LogP) is -3.60. The largest absolute Gasteiger partial charge is 0.481 e. The van der Waals surface area contributed by atoms with Crippen LogP contribution in [0.5, 0.6) is 0 Å². The number of carboxylic acid groups (broad SMARTS) is 3. The second kappa shape index (κ2) is 55.4. The number of nitrogens with one attached hydrogen (secondary N) is 9. The predicted molar refractivity (Wildman–Crippen MR) is 450 cm³/mol. The first-order valence-electron chi connectivity index (χ1n) is 41.8. The maximum absolute atomic E-state index is 14.7. The first-order valence-corrected chi connectivity index (χ1v) is 42.4. The SMILES string of the molecule is CC(C)(C)C(=O)CN1C(=O)[C@@H](NC(=O)Nc2cccc(C(=O)NCCCCCCCC(=O)CC(CCC(=O)O)C(=O)N[C@H](CCC(=O)NC[C@@H](O)[C@H](O)[C@@H](O)[C@H](O)CO)C(=O)CC(CCC(=O)O)C(=O)N[C@H](CCC(=O)NC[C@@H](O)[C@H](O)[C@@H](O)[C@H](O)CO)C(=O)CCC(N)C(=O)NC(COC=O)C(=O)N[C@H](CS)C(=O)O)c2)CN(C2CCCCC2)c2ccccc21. The summed E-state index contributed by atoms with van der Waals surface area (Å²) >= 11 is 3.86. The maximum atomic E-state index is 14.7. The number of rotatable bonds is 60. The third-order valence-corrected chi connectivity index (χ3v) is 21.8. The second-order valence-electron chi connectivity index (χ2n) is 32.3. The molecule has 0 spiro atoms. The van der Waals surface area contributed by atoms with Crippen LogP contribution in [0.3, 0.4) is 0 Å². The van der Waals surface area contributed by atoms with Gasteiger partial charge in [0.2, 0.25) is 35.4 Å². The van der Waals surface area contributed by atoms with Crippen LogP contribution in [0.15, 0.2) is 48.5 Å². The number of aliphatic hydroxyl groups excluding tert-OH is 10. The van der Waals surface area contributed by atoms with E-state index in [1.807, 2.05) is 12.1 Å². The quantitative estimate of drug-likeness (QED) is 0.0173. The highest BCUT2D eigenvalue weighted by Crippen LogP contribution is 2.38. The van der Waals surface area contributed by atoms with Crippen molar-refractivity contribution in [2.75, 3.05) is 73.4 Å². The Labute approximate surface area is 732 Å². The van der Waals surface area contributed by atoms with Gasteiger partial charge in [-0.1, -0.05) is 77.5 Å². The normalized spacial score (nSPS) is 17.2. The summed E-state index contributed by atoms with van der Waals surface area (Å²) in [5.41, 5.74) is 7.15. The molecule has 1 heterocycles. The van der Waals surface area contributed by atoms with Crippen LogP contribution < -0.4 is 63.4 Å². The number of nitrogens with two attached hydrogens (primary N) is 1. The molecule has 43 nitrogen and oxygen atoms in total. The maximum Gasteiger partial charge on any atom is 0.327 e. The molecule has 704 valence electrons. The van der Waals surface area contributed by atoms with Gasteiger partial charge < -0.3 is 135 Å². The smallest absolute Gasteiger partial charge is 0.327 e. The molecule has 2 aromatic carbocycles. The van der Waals surface area contributed by atoms with Gasteiger partial charge >= 0.3 is 23.9 Å². The van der Waals surface area contributed by atoms with E-state index in [0.717, 1.165) is 37.8 Å². The van der Waals surface area contributed by atoms with Gasteiger partial charge in [-0.15, -0.1) is 0 Å². The Morgan fingerprint density at radius 2 is 1.08 bits per heavy atom. The number of Topliss-reactive ketones (excluding diaryl/α,β-unsaturated/α-hetero) is 4. The minimum Gasteiger partial charge on any atom is -0.481 e. The topological polar surface area (TPSA) is 703 Å². The molecule has 4 rings (SSSR count). The summed E-state index contributed by atoms with van der Waals surface area (Å²) in [7, 11) is 0. The molecule has 0 saturated heterocycles. The second-order valence-corrected chi connectivity index (χ2v) is 32.7. The summed E-state index contributed by atoms with van der Waals surface area (Å²) in [5, 5.41) is 151. The van der Waals surface area contributed by atoms with E-state index < -0.39 is 307 Å². The molecule has 1 fully saturated rings. The highest BCUT2D eigenvalue weighted by Gasteiger charge is 2.42. The third kappa shape index (κ3) is 37.3. The van der Waals surface area contributed by atoms with Crippen molar-refractivity contribution < 1.29 is 153 Å². The molecule has 2 aliphatic rings. The summed E-state index contributed by atoms with van der Waals surface area (Å²) in [4.78, 5) is 230. The molecule has 44 heteroatoms.